The van der Waals surface area contributed by atoms with E-state index >= 15 is 0 Å². The fourth-order valence-electron chi connectivity index (χ4n) is 3.51. The number of hydrogen-bond donors (Lipinski definition) is 3. The molecule has 1 amide bonds. The van der Waals surface area contributed by atoms with Crippen molar-refractivity contribution in [3.05, 3.63) is 72.4 Å². The van der Waals surface area contributed by atoms with Crippen LogP contribution in [0.4, 0.5) is 22.1 Å². The van der Waals surface area contributed by atoms with E-state index in [-0.39, 0.29) is 17.4 Å². The normalized spacial score (nSPS) is 11.0. The molecule has 0 saturated carbocycles. The maximum absolute atomic E-state index is 12.3. The number of hydrogen-bond acceptors (Lipinski definition) is 8. The molecule has 0 unspecified atom stereocenters. The minimum absolute atomic E-state index is 0.0854. The maximum atomic E-state index is 12.3. The topological polar surface area (TPSA) is 132 Å². The molecule has 4 aromatic rings. The molecule has 0 saturated heterocycles. The fraction of sp³-hybridized carbons (Fsp3) is 0.185. The Balaban J connectivity index is 1.59. The molecule has 10 heteroatoms. The van der Waals surface area contributed by atoms with Gasteiger partial charge in [-0.3, -0.25) is 5.32 Å². The lowest BCUT2D eigenvalue weighted by atomic mass is 10.1. The summed E-state index contributed by atoms with van der Waals surface area (Å²) < 4.78 is 16.7. The quantitative estimate of drug-likeness (QED) is 0.269. The Kier molecular flexibility index (Phi) is 7.10. The van der Waals surface area contributed by atoms with Crippen LogP contribution in [0.25, 0.3) is 10.8 Å². The average molecular weight is 503 g/mol. The second-order valence-electron chi connectivity index (χ2n) is 8.95. The number of anilines is 3. The van der Waals surface area contributed by atoms with Gasteiger partial charge in [-0.25, -0.2) is 14.6 Å². The van der Waals surface area contributed by atoms with Crippen LogP contribution in [0.3, 0.4) is 0 Å². The molecule has 37 heavy (non-hydrogen) atoms. The zero-order valence-corrected chi connectivity index (χ0v) is 20.7. The van der Waals surface area contributed by atoms with E-state index in [1.165, 1.54) is 25.4 Å². The van der Waals surface area contributed by atoms with Crippen LogP contribution in [-0.4, -0.2) is 39.8 Å². The number of ether oxygens (including phenoxy) is 3. The Morgan fingerprint density at radius 2 is 1.65 bits per heavy atom. The van der Waals surface area contributed by atoms with Crippen LogP contribution in [0.2, 0.25) is 0 Å². The third-order valence-corrected chi connectivity index (χ3v) is 5.06. The molecule has 0 fully saturated rings. The molecule has 10 nitrogen and oxygen atoms in total. The number of carboxylic acid groups (broad SMARTS) is 1. The molecule has 3 aromatic carbocycles. The molecular formula is C27H26N4O6. The summed E-state index contributed by atoms with van der Waals surface area (Å²) in [6.07, 6.45) is 0.957. The van der Waals surface area contributed by atoms with Crippen molar-refractivity contribution in [3.8, 4) is 17.4 Å². The van der Waals surface area contributed by atoms with Gasteiger partial charge < -0.3 is 24.6 Å². The lowest BCUT2D eigenvalue weighted by Crippen LogP contribution is -2.27. The summed E-state index contributed by atoms with van der Waals surface area (Å²) in [7, 11) is 1.48. The average Bonchev–Trinajstić information content (AvgIpc) is 2.84. The van der Waals surface area contributed by atoms with Crippen molar-refractivity contribution < 1.29 is 28.9 Å². The van der Waals surface area contributed by atoms with Gasteiger partial charge in [0.1, 0.15) is 17.1 Å². The summed E-state index contributed by atoms with van der Waals surface area (Å²) >= 11 is 0. The monoisotopic (exact) mass is 502 g/mol. The summed E-state index contributed by atoms with van der Waals surface area (Å²) in [5.74, 6) is 0.314. The van der Waals surface area contributed by atoms with Gasteiger partial charge in [-0.1, -0.05) is 24.3 Å². The molecule has 0 radical (unpaired) electrons. The number of aromatic nitrogens is 2. The molecule has 0 aliphatic heterocycles. The van der Waals surface area contributed by atoms with E-state index in [1.54, 1.807) is 45.0 Å². The van der Waals surface area contributed by atoms with Crippen LogP contribution in [-0.2, 0) is 4.74 Å². The Morgan fingerprint density at radius 1 is 0.919 bits per heavy atom. The number of rotatable bonds is 7. The van der Waals surface area contributed by atoms with Gasteiger partial charge in [0.15, 0.2) is 0 Å². The number of nitrogens with zero attached hydrogens (tertiary/aromatic N) is 2. The van der Waals surface area contributed by atoms with Crippen molar-refractivity contribution in [2.45, 2.75) is 26.4 Å². The molecule has 0 bridgehead atoms. The molecule has 0 atom stereocenters. The Hall–Kier alpha value is -4.86. The number of methoxy groups -OCH3 is 1. The smallest absolute Gasteiger partial charge is 0.412 e. The molecule has 1 heterocycles. The highest BCUT2D eigenvalue weighted by atomic mass is 16.6. The lowest BCUT2D eigenvalue weighted by Gasteiger charge is -2.20. The third-order valence-electron chi connectivity index (χ3n) is 5.06. The van der Waals surface area contributed by atoms with Crippen LogP contribution in [0.15, 0.2) is 66.9 Å². The van der Waals surface area contributed by atoms with Gasteiger partial charge in [0, 0.05) is 23.0 Å². The van der Waals surface area contributed by atoms with Gasteiger partial charge in [0.05, 0.1) is 24.0 Å². The number of carbonyl (C=O) groups excluding carboxylic acids is 1. The van der Waals surface area contributed by atoms with E-state index in [4.69, 9.17) is 14.2 Å². The second kappa shape index (κ2) is 10.4. The van der Waals surface area contributed by atoms with E-state index in [0.29, 0.717) is 22.9 Å². The van der Waals surface area contributed by atoms with E-state index in [1.807, 2.05) is 24.3 Å². The van der Waals surface area contributed by atoms with Crippen LogP contribution < -0.4 is 20.1 Å². The van der Waals surface area contributed by atoms with Crippen LogP contribution in [0, 0.1) is 0 Å². The van der Waals surface area contributed by atoms with E-state index < -0.39 is 17.7 Å². The fourth-order valence-corrected chi connectivity index (χ4v) is 3.51. The number of carboxylic acids is 1. The van der Waals surface area contributed by atoms with Crippen molar-refractivity contribution >= 4 is 40.2 Å². The number of nitrogens with one attached hydrogen (secondary N) is 2. The van der Waals surface area contributed by atoms with Gasteiger partial charge in [-0.05, 0) is 51.1 Å². The van der Waals surface area contributed by atoms with Crippen LogP contribution in [0.1, 0.15) is 31.1 Å². The van der Waals surface area contributed by atoms with E-state index in [0.717, 1.165) is 10.8 Å². The Morgan fingerprint density at radius 3 is 2.35 bits per heavy atom. The van der Waals surface area contributed by atoms with Crippen molar-refractivity contribution in [2.75, 3.05) is 17.7 Å². The highest BCUT2D eigenvalue weighted by Gasteiger charge is 2.18. The summed E-state index contributed by atoms with van der Waals surface area (Å²) in [4.78, 5) is 32.3. The van der Waals surface area contributed by atoms with Gasteiger partial charge in [-0.15, -0.1) is 0 Å². The van der Waals surface area contributed by atoms with Gasteiger partial charge in [0.25, 0.3) is 0 Å². The number of carbonyl (C=O) groups is 2. The molecule has 0 aliphatic carbocycles. The van der Waals surface area contributed by atoms with Crippen LogP contribution >= 0.6 is 0 Å². The van der Waals surface area contributed by atoms with Gasteiger partial charge >= 0.3 is 12.1 Å². The standard InChI is InChI=1S/C27H26N4O6/c1-27(2,3)37-26(34)30-19-10-12-21(18-8-6-5-7-17(18)19)36-23-13-14-28-25(31-23)29-20-15-16(24(32)33)9-11-22(20)35-4/h5-15H,1-4H3,(H,30,34)(H,32,33)(H,28,29,31). The number of benzene rings is 3. The number of amides is 1. The summed E-state index contributed by atoms with van der Waals surface area (Å²) in [5, 5.41) is 16.6. The van der Waals surface area contributed by atoms with Crippen molar-refractivity contribution in [3.63, 3.8) is 0 Å². The highest BCUT2D eigenvalue weighted by Crippen LogP contribution is 2.35. The SMILES string of the molecule is COc1ccc(C(=O)O)cc1Nc1nccc(Oc2ccc(NC(=O)OC(C)(C)C)c3ccccc23)n1. The molecule has 190 valence electrons. The highest BCUT2D eigenvalue weighted by molar-refractivity contribution is 6.02. The number of fused-ring (bicyclic) bond motifs is 1. The van der Waals surface area contributed by atoms with Crippen molar-refractivity contribution in [1.82, 2.24) is 9.97 Å². The number of aromatic carboxylic acids is 1. The van der Waals surface area contributed by atoms with E-state index in [2.05, 4.69) is 20.6 Å². The van der Waals surface area contributed by atoms with Gasteiger partial charge in [0.2, 0.25) is 11.8 Å². The molecule has 3 N–H and O–H groups in total. The molecule has 1 aromatic heterocycles. The maximum Gasteiger partial charge on any atom is 0.412 e. The van der Waals surface area contributed by atoms with Gasteiger partial charge in [-0.2, -0.15) is 4.98 Å². The zero-order valence-electron chi connectivity index (χ0n) is 20.7. The first kappa shape index (κ1) is 25.2. The Labute approximate surface area is 213 Å². The first-order valence-electron chi connectivity index (χ1n) is 11.3. The molecular weight excluding hydrogens is 476 g/mol. The van der Waals surface area contributed by atoms with Crippen molar-refractivity contribution in [1.29, 1.82) is 0 Å². The minimum Gasteiger partial charge on any atom is -0.495 e. The van der Waals surface area contributed by atoms with Crippen molar-refractivity contribution in [2.24, 2.45) is 0 Å². The van der Waals surface area contributed by atoms with Crippen LogP contribution in [0.5, 0.6) is 17.4 Å². The molecule has 0 spiro atoms. The first-order valence-corrected chi connectivity index (χ1v) is 11.3. The molecule has 0 aliphatic rings. The third kappa shape index (κ3) is 6.23. The zero-order chi connectivity index (χ0) is 26.6. The van der Waals surface area contributed by atoms with E-state index in [9.17, 15) is 14.7 Å². The molecule has 4 rings (SSSR count). The predicted octanol–water partition coefficient (Wildman–Crippen LogP) is 6.22. The lowest BCUT2D eigenvalue weighted by molar-refractivity contribution is 0.0634. The predicted molar refractivity (Wildman–Crippen MR) is 139 cm³/mol. The minimum atomic E-state index is -1.07. The Bertz CT molecular complexity index is 1470. The first-order chi connectivity index (χ1) is 17.6. The largest absolute Gasteiger partial charge is 0.495 e. The second-order valence-corrected chi connectivity index (χ2v) is 8.95. The summed E-state index contributed by atoms with van der Waals surface area (Å²) in [5.41, 5.74) is 0.429. The summed E-state index contributed by atoms with van der Waals surface area (Å²) in [6.45, 7) is 5.39. The summed E-state index contributed by atoms with van der Waals surface area (Å²) in [6, 6.07) is 16.9.